The molecule has 1 aliphatic rings. The first-order valence-corrected chi connectivity index (χ1v) is 8.45. The van der Waals surface area contributed by atoms with Crippen molar-refractivity contribution in [3.05, 3.63) is 23.2 Å². The summed E-state index contributed by atoms with van der Waals surface area (Å²) >= 11 is 0. The molecule has 0 spiro atoms. The zero-order chi connectivity index (χ0) is 15.2. The van der Waals surface area contributed by atoms with Crippen molar-refractivity contribution in [2.24, 2.45) is 11.8 Å². The molecule has 1 aliphatic carbocycles. The third-order valence-corrected chi connectivity index (χ3v) is 4.26. The van der Waals surface area contributed by atoms with Gasteiger partial charge in [-0.2, -0.15) is 0 Å². The predicted molar refractivity (Wildman–Crippen MR) is 86.2 cm³/mol. The summed E-state index contributed by atoms with van der Waals surface area (Å²) < 4.78 is 12.0. The Morgan fingerprint density at radius 3 is 2.90 bits per heavy atom. The van der Waals surface area contributed by atoms with Gasteiger partial charge in [0.15, 0.2) is 0 Å². The van der Waals surface area contributed by atoms with Crippen molar-refractivity contribution in [2.45, 2.75) is 72.6 Å². The Hall–Kier alpha value is -0.800. The SMILES string of the molecule is Cc1cc(COC2CCCC(C)C2)oc1CNCC(C)C. The van der Waals surface area contributed by atoms with E-state index in [1.165, 1.54) is 31.2 Å². The smallest absolute Gasteiger partial charge is 0.130 e. The van der Waals surface area contributed by atoms with Gasteiger partial charge in [-0.1, -0.05) is 33.6 Å². The van der Waals surface area contributed by atoms with Crippen molar-refractivity contribution in [1.29, 1.82) is 0 Å². The average Bonchev–Trinajstić information content (AvgIpc) is 2.77. The van der Waals surface area contributed by atoms with E-state index in [-0.39, 0.29) is 0 Å². The van der Waals surface area contributed by atoms with Crippen molar-refractivity contribution < 1.29 is 9.15 Å². The molecule has 3 nitrogen and oxygen atoms in total. The van der Waals surface area contributed by atoms with Crippen LogP contribution in [-0.4, -0.2) is 12.6 Å². The lowest BCUT2D eigenvalue weighted by molar-refractivity contribution is -0.00300. The molecule has 2 rings (SSSR count). The van der Waals surface area contributed by atoms with Crippen molar-refractivity contribution in [2.75, 3.05) is 6.54 Å². The average molecular weight is 293 g/mol. The van der Waals surface area contributed by atoms with Gasteiger partial charge in [-0.15, -0.1) is 0 Å². The second kappa shape index (κ2) is 8.00. The maximum Gasteiger partial charge on any atom is 0.130 e. The number of ether oxygens (including phenoxy) is 1. The molecule has 0 radical (unpaired) electrons. The molecule has 1 saturated carbocycles. The number of furan rings is 1. The quantitative estimate of drug-likeness (QED) is 0.807. The molecule has 0 bridgehead atoms. The van der Waals surface area contributed by atoms with E-state index in [0.717, 1.165) is 30.5 Å². The fourth-order valence-electron chi connectivity index (χ4n) is 3.04. The predicted octanol–water partition coefficient (Wildman–Crippen LogP) is 4.43. The highest BCUT2D eigenvalue weighted by molar-refractivity contribution is 5.19. The van der Waals surface area contributed by atoms with Crippen LogP contribution in [-0.2, 0) is 17.9 Å². The highest BCUT2D eigenvalue weighted by Crippen LogP contribution is 2.26. The summed E-state index contributed by atoms with van der Waals surface area (Å²) in [4.78, 5) is 0. The monoisotopic (exact) mass is 293 g/mol. The number of aryl methyl sites for hydroxylation is 1. The van der Waals surface area contributed by atoms with E-state index in [1.54, 1.807) is 0 Å². The number of hydrogen-bond acceptors (Lipinski definition) is 3. The molecule has 1 N–H and O–H groups in total. The minimum atomic E-state index is 0.418. The first kappa shape index (κ1) is 16.6. The van der Waals surface area contributed by atoms with E-state index in [2.05, 4.69) is 39.1 Å². The third-order valence-electron chi connectivity index (χ3n) is 4.26. The van der Waals surface area contributed by atoms with Gasteiger partial charge >= 0.3 is 0 Å². The molecule has 2 atom stereocenters. The van der Waals surface area contributed by atoms with E-state index in [4.69, 9.17) is 9.15 Å². The van der Waals surface area contributed by atoms with Crippen LogP contribution in [0.15, 0.2) is 10.5 Å². The number of hydrogen-bond donors (Lipinski definition) is 1. The van der Waals surface area contributed by atoms with Gasteiger partial charge in [0.25, 0.3) is 0 Å². The van der Waals surface area contributed by atoms with Gasteiger partial charge in [0.05, 0.1) is 12.6 Å². The number of nitrogens with one attached hydrogen (secondary N) is 1. The Bertz CT molecular complexity index is 425. The summed E-state index contributed by atoms with van der Waals surface area (Å²) in [5.74, 6) is 3.48. The van der Waals surface area contributed by atoms with Crippen LogP contribution >= 0.6 is 0 Å². The van der Waals surface area contributed by atoms with Crippen molar-refractivity contribution >= 4 is 0 Å². The van der Waals surface area contributed by atoms with Crippen molar-refractivity contribution in [3.8, 4) is 0 Å². The molecule has 0 amide bonds. The van der Waals surface area contributed by atoms with Crippen LogP contribution < -0.4 is 5.32 Å². The molecule has 1 fully saturated rings. The standard InChI is InChI=1S/C18H31NO2/c1-13(2)10-19-11-18-15(4)9-17(21-18)12-20-16-7-5-6-14(3)8-16/h9,13-14,16,19H,5-8,10-12H2,1-4H3. The molecule has 2 unspecified atom stereocenters. The summed E-state index contributed by atoms with van der Waals surface area (Å²) in [7, 11) is 0. The van der Waals surface area contributed by atoms with Gasteiger partial charge in [-0.25, -0.2) is 0 Å². The van der Waals surface area contributed by atoms with Crippen LogP contribution in [0, 0.1) is 18.8 Å². The van der Waals surface area contributed by atoms with E-state index in [1.807, 2.05) is 0 Å². The highest BCUT2D eigenvalue weighted by Gasteiger charge is 2.20. The van der Waals surface area contributed by atoms with Crippen LogP contribution in [0.1, 0.15) is 63.5 Å². The number of rotatable bonds is 7. The van der Waals surface area contributed by atoms with Gasteiger partial charge in [0, 0.05) is 0 Å². The minimum absolute atomic E-state index is 0.418. The summed E-state index contributed by atoms with van der Waals surface area (Å²) in [5, 5.41) is 3.43. The van der Waals surface area contributed by atoms with Crippen LogP contribution in [0.25, 0.3) is 0 Å². The lowest BCUT2D eigenvalue weighted by atomic mass is 9.89. The first-order chi connectivity index (χ1) is 10.0. The molecule has 1 aromatic rings. The maximum absolute atomic E-state index is 6.04. The van der Waals surface area contributed by atoms with Gasteiger partial charge < -0.3 is 14.5 Å². The molecular formula is C18H31NO2. The summed E-state index contributed by atoms with van der Waals surface area (Å²) in [6.07, 6.45) is 5.47. The second-order valence-electron chi connectivity index (χ2n) is 7.05. The van der Waals surface area contributed by atoms with E-state index < -0.39 is 0 Å². The topological polar surface area (TPSA) is 34.4 Å². The van der Waals surface area contributed by atoms with Crippen LogP contribution in [0.2, 0.25) is 0 Å². The normalized spacial score (nSPS) is 22.9. The first-order valence-electron chi connectivity index (χ1n) is 8.45. The Morgan fingerprint density at radius 1 is 1.38 bits per heavy atom. The van der Waals surface area contributed by atoms with Crippen molar-refractivity contribution in [3.63, 3.8) is 0 Å². The van der Waals surface area contributed by atoms with E-state index >= 15 is 0 Å². The third kappa shape index (κ3) is 5.48. The highest BCUT2D eigenvalue weighted by atomic mass is 16.5. The Kier molecular flexibility index (Phi) is 6.31. The molecule has 3 heteroatoms. The maximum atomic E-state index is 6.04. The zero-order valence-electron chi connectivity index (χ0n) is 14.1. The molecule has 1 aromatic heterocycles. The minimum Gasteiger partial charge on any atom is -0.462 e. The molecule has 0 aliphatic heterocycles. The molecule has 0 saturated heterocycles. The largest absolute Gasteiger partial charge is 0.462 e. The molecule has 0 aromatic carbocycles. The summed E-state index contributed by atoms with van der Waals surface area (Å²) in [6.45, 7) is 11.3. The van der Waals surface area contributed by atoms with Crippen molar-refractivity contribution in [1.82, 2.24) is 5.32 Å². The Labute approximate surface area is 129 Å². The molecule has 120 valence electrons. The summed E-state index contributed by atoms with van der Waals surface area (Å²) in [6, 6.07) is 2.12. The van der Waals surface area contributed by atoms with E-state index in [9.17, 15) is 0 Å². The van der Waals surface area contributed by atoms with Gasteiger partial charge in [-0.05, 0) is 49.8 Å². The van der Waals surface area contributed by atoms with E-state index in [0.29, 0.717) is 18.6 Å². The zero-order valence-corrected chi connectivity index (χ0v) is 14.1. The lowest BCUT2D eigenvalue weighted by Crippen LogP contribution is -2.21. The van der Waals surface area contributed by atoms with Gasteiger partial charge in [0.2, 0.25) is 0 Å². The van der Waals surface area contributed by atoms with Crippen LogP contribution in [0.5, 0.6) is 0 Å². The molecular weight excluding hydrogens is 262 g/mol. The lowest BCUT2D eigenvalue weighted by Gasteiger charge is -2.26. The van der Waals surface area contributed by atoms with Gasteiger partial charge in [0.1, 0.15) is 18.1 Å². The fraction of sp³-hybridized carbons (Fsp3) is 0.778. The van der Waals surface area contributed by atoms with Crippen LogP contribution in [0.4, 0.5) is 0 Å². The fourth-order valence-corrected chi connectivity index (χ4v) is 3.04. The Morgan fingerprint density at radius 2 is 2.19 bits per heavy atom. The second-order valence-corrected chi connectivity index (χ2v) is 7.05. The summed E-state index contributed by atoms with van der Waals surface area (Å²) in [5.41, 5.74) is 1.22. The van der Waals surface area contributed by atoms with Gasteiger partial charge in [-0.3, -0.25) is 0 Å². The van der Waals surface area contributed by atoms with Crippen LogP contribution in [0.3, 0.4) is 0 Å². The Balaban J connectivity index is 1.78. The molecule has 1 heterocycles. The molecule has 21 heavy (non-hydrogen) atoms.